The summed E-state index contributed by atoms with van der Waals surface area (Å²) in [6, 6.07) is 7.19. The topological polar surface area (TPSA) is 71.3 Å². The summed E-state index contributed by atoms with van der Waals surface area (Å²) in [7, 11) is 0. The average molecular weight is 318 g/mol. The van der Waals surface area contributed by atoms with E-state index in [0.717, 1.165) is 12.8 Å². The van der Waals surface area contributed by atoms with Crippen LogP contribution in [0.15, 0.2) is 18.2 Å². The van der Waals surface area contributed by atoms with E-state index in [0.29, 0.717) is 36.6 Å². The molecule has 0 aliphatic carbocycles. The second-order valence-electron chi connectivity index (χ2n) is 5.50. The highest BCUT2D eigenvalue weighted by molar-refractivity contribution is 5.97. The molecule has 1 unspecified atom stereocenters. The Morgan fingerprint density at radius 3 is 2.65 bits per heavy atom. The minimum absolute atomic E-state index is 0.217. The van der Waals surface area contributed by atoms with Crippen LogP contribution in [0.3, 0.4) is 0 Å². The summed E-state index contributed by atoms with van der Waals surface area (Å²) in [5.74, 6) is 0.326. The fourth-order valence-electron chi connectivity index (χ4n) is 2.06. The molecule has 0 spiro atoms. The summed E-state index contributed by atoms with van der Waals surface area (Å²) in [5, 5.41) is 12.1. The third kappa shape index (κ3) is 5.26. The van der Waals surface area contributed by atoms with Gasteiger partial charge in [-0.3, -0.25) is 4.79 Å². The summed E-state index contributed by atoms with van der Waals surface area (Å²) in [4.78, 5) is 12.4. The third-order valence-corrected chi connectivity index (χ3v) is 3.73. The molecule has 0 saturated carbocycles. The summed E-state index contributed by atoms with van der Waals surface area (Å²) >= 11 is 0. The number of nitrogens with zero attached hydrogens (tertiary/aromatic N) is 1. The first kappa shape index (κ1) is 19.0. The smallest absolute Gasteiger partial charge is 0.256 e. The fourth-order valence-corrected chi connectivity index (χ4v) is 2.06. The molecule has 5 nitrogen and oxygen atoms in total. The van der Waals surface area contributed by atoms with Gasteiger partial charge in [0.25, 0.3) is 5.91 Å². The maximum atomic E-state index is 12.4. The quantitative estimate of drug-likeness (QED) is 0.701. The molecule has 0 aliphatic heterocycles. The van der Waals surface area contributed by atoms with Gasteiger partial charge < -0.3 is 14.8 Å². The van der Waals surface area contributed by atoms with E-state index >= 15 is 0 Å². The Labute approximate surface area is 138 Å². The van der Waals surface area contributed by atoms with Crippen molar-refractivity contribution in [2.75, 3.05) is 18.5 Å². The van der Waals surface area contributed by atoms with Crippen LogP contribution in [0.2, 0.25) is 0 Å². The van der Waals surface area contributed by atoms with E-state index in [2.05, 4.69) is 18.3 Å². The lowest BCUT2D eigenvalue weighted by Crippen LogP contribution is -2.42. The number of amides is 1. The molecule has 0 aromatic heterocycles. The van der Waals surface area contributed by atoms with Crippen LogP contribution in [0.5, 0.6) is 5.75 Å². The molecule has 23 heavy (non-hydrogen) atoms. The van der Waals surface area contributed by atoms with E-state index < -0.39 is 5.60 Å². The summed E-state index contributed by atoms with van der Waals surface area (Å²) < 4.78 is 11.2. The van der Waals surface area contributed by atoms with Gasteiger partial charge in [-0.15, -0.1) is 0 Å². The minimum Gasteiger partial charge on any atom is -0.492 e. The van der Waals surface area contributed by atoms with Crippen molar-refractivity contribution in [3.05, 3.63) is 23.8 Å². The van der Waals surface area contributed by atoms with Gasteiger partial charge in [-0.1, -0.05) is 20.3 Å². The molecule has 5 heteroatoms. The lowest BCUT2D eigenvalue weighted by atomic mass is 10.0. The van der Waals surface area contributed by atoms with Gasteiger partial charge in [0, 0.05) is 12.3 Å². The minimum atomic E-state index is -0.877. The summed E-state index contributed by atoms with van der Waals surface area (Å²) in [5.41, 5.74) is 0.0972. The van der Waals surface area contributed by atoms with Gasteiger partial charge in [0.1, 0.15) is 17.4 Å². The number of rotatable bonds is 9. The van der Waals surface area contributed by atoms with E-state index in [1.54, 1.807) is 25.1 Å². The number of unbranched alkanes of at least 4 members (excludes halogenated alkanes) is 1. The van der Waals surface area contributed by atoms with Crippen LogP contribution in [-0.4, -0.2) is 24.7 Å². The van der Waals surface area contributed by atoms with Gasteiger partial charge in [0.05, 0.1) is 12.2 Å². The zero-order chi connectivity index (χ0) is 17.3. The molecule has 1 atom stereocenters. The van der Waals surface area contributed by atoms with Crippen molar-refractivity contribution in [1.29, 1.82) is 5.26 Å². The SMILES string of the molecule is CCCCOc1ccc(NC(=O)C(C)(CC)OCC)cc1C#N. The molecule has 0 heterocycles. The standard InChI is InChI=1S/C18H26N2O3/c1-5-8-11-22-16-10-9-15(12-14(16)13-19)20-17(21)18(4,6-2)23-7-3/h9-10,12H,5-8,11H2,1-4H3,(H,20,21). The first-order valence-corrected chi connectivity index (χ1v) is 8.13. The number of carbonyl (C=O) groups is 1. The van der Waals surface area contributed by atoms with Crippen molar-refractivity contribution >= 4 is 11.6 Å². The van der Waals surface area contributed by atoms with E-state index in [-0.39, 0.29) is 5.91 Å². The average Bonchev–Trinajstić information content (AvgIpc) is 2.56. The molecule has 1 amide bonds. The number of nitriles is 1. The highest BCUT2D eigenvalue weighted by Gasteiger charge is 2.31. The first-order valence-electron chi connectivity index (χ1n) is 8.13. The number of hydrogen-bond donors (Lipinski definition) is 1. The van der Waals surface area contributed by atoms with Crippen molar-refractivity contribution in [2.24, 2.45) is 0 Å². The lowest BCUT2D eigenvalue weighted by molar-refractivity contribution is -0.139. The Morgan fingerprint density at radius 1 is 1.35 bits per heavy atom. The highest BCUT2D eigenvalue weighted by atomic mass is 16.5. The molecular weight excluding hydrogens is 292 g/mol. The summed E-state index contributed by atoms with van der Waals surface area (Å²) in [6.45, 7) is 8.65. The van der Waals surface area contributed by atoms with Gasteiger partial charge >= 0.3 is 0 Å². The Bertz CT molecular complexity index is 566. The van der Waals surface area contributed by atoms with Gasteiger partial charge in [0.2, 0.25) is 0 Å². The van der Waals surface area contributed by atoms with Gasteiger partial charge in [0.15, 0.2) is 0 Å². The van der Waals surface area contributed by atoms with Crippen LogP contribution in [-0.2, 0) is 9.53 Å². The number of carbonyl (C=O) groups excluding carboxylic acids is 1. The molecule has 1 rings (SSSR count). The molecule has 126 valence electrons. The molecule has 0 bridgehead atoms. The Hall–Kier alpha value is -2.06. The Balaban J connectivity index is 2.86. The molecule has 0 radical (unpaired) electrons. The Morgan fingerprint density at radius 2 is 2.09 bits per heavy atom. The molecule has 1 aromatic rings. The van der Waals surface area contributed by atoms with Crippen LogP contribution in [0.1, 0.15) is 52.5 Å². The monoisotopic (exact) mass is 318 g/mol. The highest BCUT2D eigenvalue weighted by Crippen LogP contribution is 2.24. The fraction of sp³-hybridized carbons (Fsp3) is 0.556. The predicted octanol–water partition coefficient (Wildman–Crippen LogP) is 3.88. The van der Waals surface area contributed by atoms with Crippen molar-refractivity contribution < 1.29 is 14.3 Å². The second-order valence-corrected chi connectivity index (χ2v) is 5.50. The number of benzene rings is 1. The predicted molar refractivity (Wildman–Crippen MR) is 90.5 cm³/mol. The van der Waals surface area contributed by atoms with Crippen molar-refractivity contribution in [3.8, 4) is 11.8 Å². The largest absolute Gasteiger partial charge is 0.492 e. The molecule has 1 aromatic carbocycles. The van der Waals surface area contributed by atoms with E-state index in [1.807, 2.05) is 13.8 Å². The van der Waals surface area contributed by atoms with Crippen LogP contribution in [0.4, 0.5) is 5.69 Å². The van der Waals surface area contributed by atoms with E-state index in [1.165, 1.54) is 0 Å². The molecule has 0 fully saturated rings. The molecule has 1 N–H and O–H groups in total. The van der Waals surface area contributed by atoms with Crippen molar-refractivity contribution in [1.82, 2.24) is 0 Å². The van der Waals surface area contributed by atoms with Gasteiger partial charge in [-0.25, -0.2) is 0 Å². The molecular formula is C18H26N2O3. The van der Waals surface area contributed by atoms with Crippen molar-refractivity contribution in [2.45, 2.75) is 52.6 Å². The number of nitrogens with one attached hydrogen (secondary N) is 1. The number of anilines is 1. The summed E-state index contributed by atoms with van der Waals surface area (Å²) in [6.07, 6.45) is 2.53. The molecule has 0 saturated heterocycles. The number of ether oxygens (including phenoxy) is 2. The van der Waals surface area contributed by atoms with Crippen LogP contribution >= 0.6 is 0 Å². The normalized spacial score (nSPS) is 13.0. The zero-order valence-electron chi connectivity index (χ0n) is 14.4. The maximum absolute atomic E-state index is 12.4. The van der Waals surface area contributed by atoms with E-state index in [9.17, 15) is 10.1 Å². The molecule has 0 aliphatic rings. The van der Waals surface area contributed by atoms with Crippen molar-refractivity contribution in [3.63, 3.8) is 0 Å². The number of hydrogen-bond acceptors (Lipinski definition) is 4. The zero-order valence-corrected chi connectivity index (χ0v) is 14.4. The Kier molecular flexibility index (Phi) is 7.56. The third-order valence-electron chi connectivity index (χ3n) is 3.73. The van der Waals surface area contributed by atoms with Crippen LogP contribution in [0, 0.1) is 11.3 Å². The van der Waals surface area contributed by atoms with Gasteiger partial charge in [-0.2, -0.15) is 5.26 Å². The second kappa shape index (κ2) is 9.16. The van der Waals surface area contributed by atoms with Crippen LogP contribution in [0.25, 0.3) is 0 Å². The van der Waals surface area contributed by atoms with E-state index in [4.69, 9.17) is 9.47 Å². The lowest BCUT2D eigenvalue weighted by Gasteiger charge is -2.26. The van der Waals surface area contributed by atoms with Crippen LogP contribution < -0.4 is 10.1 Å². The first-order chi connectivity index (χ1) is 11.0. The van der Waals surface area contributed by atoms with Gasteiger partial charge in [-0.05, 0) is 44.9 Å². The maximum Gasteiger partial charge on any atom is 0.256 e.